The van der Waals surface area contributed by atoms with Crippen LogP contribution in [0.1, 0.15) is 17.5 Å². The average Bonchev–Trinajstić information content (AvgIpc) is 2.26. The highest BCUT2D eigenvalue weighted by molar-refractivity contribution is 6.17. The van der Waals surface area contributed by atoms with Crippen molar-refractivity contribution in [1.82, 2.24) is 0 Å². The lowest BCUT2D eigenvalue weighted by molar-refractivity contribution is -0.140. The third-order valence-electron chi connectivity index (χ3n) is 1.99. The van der Waals surface area contributed by atoms with Gasteiger partial charge in [-0.25, -0.2) is 0 Å². The quantitative estimate of drug-likeness (QED) is 0.566. The Balaban J connectivity index is 2.54. The summed E-state index contributed by atoms with van der Waals surface area (Å²) in [6.45, 7) is 0. The van der Waals surface area contributed by atoms with Crippen LogP contribution in [0.2, 0.25) is 0 Å². The molecule has 0 atom stereocenters. The summed E-state index contributed by atoms with van der Waals surface area (Å²) in [6.07, 6.45) is 1.12. The van der Waals surface area contributed by atoms with Gasteiger partial charge in [0.05, 0.1) is 7.11 Å². The molecule has 1 aromatic rings. The molecular formula is C11H13ClO2. The van der Waals surface area contributed by atoms with Gasteiger partial charge in [0.2, 0.25) is 0 Å². The number of carbonyl (C=O) groups is 1. The van der Waals surface area contributed by atoms with Crippen LogP contribution < -0.4 is 0 Å². The lowest BCUT2D eigenvalue weighted by Crippen LogP contribution is -2.01. The molecule has 76 valence electrons. The van der Waals surface area contributed by atoms with Crippen molar-refractivity contribution in [1.29, 1.82) is 0 Å². The van der Waals surface area contributed by atoms with E-state index in [0.717, 1.165) is 11.1 Å². The van der Waals surface area contributed by atoms with E-state index in [0.29, 0.717) is 18.7 Å². The number of aryl methyl sites for hydroxylation is 1. The number of rotatable bonds is 4. The average molecular weight is 213 g/mol. The summed E-state index contributed by atoms with van der Waals surface area (Å²) in [5, 5.41) is 0. The lowest BCUT2D eigenvalue weighted by atomic mass is 10.1. The Bertz CT molecular complexity index is 310. The van der Waals surface area contributed by atoms with E-state index in [9.17, 15) is 4.79 Å². The largest absolute Gasteiger partial charge is 0.469 e. The first-order valence-electron chi connectivity index (χ1n) is 4.47. The minimum Gasteiger partial charge on any atom is -0.469 e. The number of ether oxygens (including phenoxy) is 1. The molecule has 0 amide bonds. The summed E-state index contributed by atoms with van der Waals surface area (Å²) in [7, 11) is 1.40. The molecule has 0 heterocycles. The number of esters is 1. The highest BCUT2D eigenvalue weighted by Crippen LogP contribution is 2.09. The second-order valence-electron chi connectivity index (χ2n) is 3.03. The maximum Gasteiger partial charge on any atom is 0.305 e. The SMILES string of the molecule is COC(=O)CCc1cccc(CCl)c1. The molecule has 0 aliphatic heterocycles. The fraction of sp³-hybridized carbons (Fsp3) is 0.364. The topological polar surface area (TPSA) is 26.3 Å². The minimum absolute atomic E-state index is 0.179. The first-order valence-corrected chi connectivity index (χ1v) is 5.00. The molecule has 0 saturated heterocycles. The predicted octanol–water partition coefficient (Wildman–Crippen LogP) is 2.53. The van der Waals surface area contributed by atoms with Crippen LogP contribution in [0.15, 0.2) is 24.3 Å². The molecule has 0 bridgehead atoms. The zero-order valence-electron chi connectivity index (χ0n) is 8.13. The Hall–Kier alpha value is -1.02. The first-order chi connectivity index (χ1) is 6.76. The van der Waals surface area contributed by atoms with Crippen LogP contribution in [-0.2, 0) is 21.8 Å². The van der Waals surface area contributed by atoms with Crippen LogP contribution in [0.25, 0.3) is 0 Å². The number of methoxy groups -OCH3 is 1. The summed E-state index contributed by atoms with van der Waals surface area (Å²) in [5.74, 6) is 0.327. The molecule has 14 heavy (non-hydrogen) atoms. The van der Waals surface area contributed by atoms with Gasteiger partial charge in [-0.05, 0) is 17.5 Å². The van der Waals surface area contributed by atoms with Crippen LogP contribution in [-0.4, -0.2) is 13.1 Å². The van der Waals surface area contributed by atoms with Gasteiger partial charge in [-0.3, -0.25) is 4.79 Å². The summed E-state index contributed by atoms with van der Waals surface area (Å²) in [4.78, 5) is 10.9. The van der Waals surface area contributed by atoms with E-state index in [4.69, 9.17) is 11.6 Å². The number of alkyl halides is 1. The van der Waals surface area contributed by atoms with Crippen LogP contribution in [0.3, 0.4) is 0 Å². The zero-order valence-corrected chi connectivity index (χ0v) is 8.88. The fourth-order valence-corrected chi connectivity index (χ4v) is 1.38. The second kappa shape index (κ2) is 5.66. The Labute approximate surface area is 88.8 Å². The van der Waals surface area contributed by atoms with Crippen molar-refractivity contribution < 1.29 is 9.53 Å². The van der Waals surface area contributed by atoms with E-state index >= 15 is 0 Å². The smallest absolute Gasteiger partial charge is 0.305 e. The highest BCUT2D eigenvalue weighted by atomic mass is 35.5. The fourth-order valence-electron chi connectivity index (χ4n) is 1.22. The first kappa shape index (κ1) is 11.1. The minimum atomic E-state index is -0.179. The van der Waals surface area contributed by atoms with Crippen LogP contribution in [0, 0.1) is 0 Å². The standard InChI is InChI=1S/C11H13ClO2/c1-14-11(13)6-5-9-3-2-4-10(7-9)8-12/h2-4,7H,5-6,8H2,1H3. The van der Waals surface area contributed by atoms with Gasteiger partial charge in [0.15, 0.2) is 0 Å². The normalized spacial score (nSPS) is 9.86. The maximum absolute atomic E-state index is 10.9. The Kier molecular flexibility index (Phi) is 4.47. The van der Waals surface area contributed by atoms with E-state index < -0.39 is 0 Å². The molecule has 0 fully saturated rings. The number of hydrogen-bond donors (Lipinski definition) is 0. The molecule has 0 spiro atoms. The summed E-state index contributed by atoms with van der Waals surface area (Å²) in [5.41, 5.74) is 2.20. The van der Waals surface area contributed by atoms with Crippen molar-refractivity contribution in [2.75, 3.05) is 7.11 Å². The number of hydrogen-bond acceptors (Lipinski definition) is 2. The number of halogens is 1. The van der Waals surface area contributed by atoms with Gasteiger partial charge < -0.3 is 4.74 Å². The summed E-state index contributed by atoms with van der Waals surface area (Å²) < 4.78 is 4.56. The predicted molar refractivity (Wildman–Crippen MR) is 56.3 cm³/mol. The van der Waals surface area contributed by atoms with E-state index in [2.05, 4.69) is 4.74 Å². The molecule has 0 aliphatic carbocycles. The lowest BCUT2D eigenvalue weighted by Gasteiger charge is -2.02. The molecule has 0 N–H and O–H groups in total. The van der Waals surface area contributed by atoms with Gasteiger partial charge in [-0.2, -0.15) is 0 Å². The monoisotopic (exact) mass is 212 g/mol. The van der Waals surface area contributed by atoms with Crippen molar-refractivity contribution in [2.24, 2.45) is 0 Å². The molecule has 3 heteroatoms. The molecule has 0 aromatic heterocycles. The summed E-state index contributed by atoms with van der Waals surface area (Å²) in [6, 6.07) is 7.91. The Morgan fingerprint density at radius 1 is 1.43 bits per heavy atom. The second-order valence-corrected chi connectivity index (χ2v) is 3.30. The van der Waals surface area contributed by atoms with E-state index in [1.807, 2.05) is 24.3 Å². The van der Waals surface area contributed by atoms with Gasteiger partial charge in [0.25, 0.3) is 0 Å². The molecule has 0 saturated carbocycles. The van der Waals surface area contributed by atoms with Crippen LogP contribution in [0.5, 0.6) is 0 Å². The van der Waals surface area contributed by atoms with Crippen molar-refractivity contribution in [3.8, 4) is 0 Å². The van der Waals surface area contributed by atoms with E-state index in [1.54, 1.807) is 0 Å². The maximum atomic E-state index is 10.9. The summed E-state index contributed by atoms with van der Waals surface area (Å²) >= 11 is 5.70. The van der Waals surface area contributed by atoms with Crippen LogP contribution >= 0.6 is 11.6 Å². The molecule has 0 radical (unpaired) electrons. The molecule has 2 nitrogen and oxygen atoms in total. The Morgan fingerprint density at radius 2 is 2.14 bits per heavy atom. The van der Waals surface area contributed by atoms with Gasteiger partial charge in [0.1, 0.15) is 0 Å². The van der Waals surface area contributed by atoms with Crippen LogP contribution in [0.4, 0.5) is 0 Å². The number of carbonyl (C=O) groups excluding carboxylic acids is 1. The molecule has 1 aromatic carbocycles. The van der Waals surface area contributed by atoms with Crippen molar-refractivity contribution in [3.05, 3.63) is 35.4 Å². The molecular weight excluding hydrogens is 200 g/mol. The van der Waals surface area contributed by atoms with Gasteiger partial charge in [-0.15, -0.1) is 11.6 Å². The third kappa shape index (κ3) is 3.38. The number of benzene rings is 1. The highest BCUT2D eigenvalue weighted by Gasteiger charge is 2.01. The van der Waals surface area contributed by atoms with E-state index in [1.165, 1.54) is 7.11 Å². The van der Waals surface area contributed by atoms with Gasteiger partial charge in [-0.1, -0.05) is 24.3 Å². The van der Waals surface area contributed by atoms with Crippen molar-refractivity contribution >= 4 is 17.6 Å². The van der Waals surface area contributed by atoms with Crippen molar-refractivity contribution in [2.45, 2.75) is 18.7 Å². The van der Waals surface area contributed by atoms with E-state index in [-0.39, 0.29) is 5.97 Å². The third-order valence-corrected chi connectivity index (χ3v) is 2.30. The molecule has 0 aliphatic rings. The zero-order chi connectivity index (χ0) is 10.4. The van der Waals surface area contributed by atoms with Gasteiger partial charge >= 0.3 is 5.97 Å². The molecule has 0 unspecified atom stereocenters. The Morgan fingerprint density at radius 3 is 2.79 bits per heavy atom. The molecule has 1 rings (SSSR count). The van der Waals surface area contributed by atoms with Gasteiger partial charge in [0, 0.05) is 12.3 Å². The van der Waals surface area contributed by atoms with Crippen molar-refractivity contribution in [3.63, 3.8) is 0 Å².